The molecule has 2 N–H and O–H groups in total. The molecule has 1 unspecified atom stereocenters. The molecule has 2 aliphatic carbocycles. The lowest BCUT2D eigenvalue weighted by Crippen LogP contribution is -2.33. The van der Waals surface area contributed by atoms with Gasteiger partial charge in [0, 0.05) is 10.9 Å². The van der Waals surface area contributed by atoms with Crippen LogP contribution in [0, 0.1) is 19.8 Å². The van der Waals surface area contributed by atoms with Gasteiger partial charge in [0.25, 0.3) is 11.8 Å². The minimum Gasteiger partial charge on any atom is -0.466 e. The van der Waals surface area contributed by atoms with E-state index in [0.717, 1.165) is 37.7 Å². The summed E-state index contributed by atoms with van der Waals surface area (Å²) in [5.74, 6) is 1.67. The van der Waals surface area contributed by atoms with Crippen LogP contribution in [-0.4, -0.2) is 17.9 Å². The number of hydrogen-bond acceptors (Lipinski definition) is 4. The Labute approximate surface area is 169 Å². The first-order valence-corrected chi connectivity index (χ1v) is 11.1. The van der Waals surface area contributed by atoms with Crippen molar-refractivity contribution in [2.45, 2.75) is 71.8 Å². The fourth-order valence-electron chi connectivity index (χ4n) is 4.43. The molecule has 6 heteroatoms. The van der Waals surface area contributed by atoms with Crippen molar-refractivity contribution in [2.24, 2.45) is 5.92 Å². The number of thiophene rings is 1. The van der Waals surface area contributed by atoms with Gasteiger partial charge in [-0.1, -0.05) is 19.8 Å². The van der Waals surface area contributed by atoms with Crippen molar-refractivity contribution in [1.29, 1.82) is 0 Å². The van der Waals surface area contributed by atoms with Crippen molar-refractivity contribution < 1.29 is 14.0 Å². The molecule has 2 aromatic rings. The average Bonchev–Trinajstić information content (AvgIpc) is 3.33. The van der Waals surface area contributed by atoms with Crippen LogP contribution in [0.4, 0.5) is 5.00 Å². The SMILES string of the molecule is Cc1cc(C(=O)Nc2sc3c(c2C(=O)NC2CCCC2)CCC(C)C3)c(C)o1. The maximum Gasteiger partial charge on any atom is 0.259 e. The number of carbonyl (C=O) groups is 2. The van der Waals surface area contributed by atoms with E-state index >= 15 is 0 Å². The molecular formula is C22H28N2O3S. The van der Waals surface area contributed by atoms with Crippen molar-refractivity contribution in [3.63, 3.8) is 0 Å². The Kier molecular flexibility index (Phi) is 5.32. The zero-order chi connectivity index (χ0) is 19.8. The highest BCUT2D eigenvalue weighted by atomic mass is 32.1. The summed E-state index contributed by atoms with van der Waals surface area (Å²) < 4.78 is 5.50. The summed E-state index contributed by atoms with van der Waals surface area (Å²) >= 11 is 1.56. The maximum atomic E-state index is 13.2. The smallest absolute Gasteiger partial charge is 0.259 e. The third kappa shape index (κ3) is 3.75. The van der Waals surface area contributed by atoms with Crippen molar-refractivity contribution in [3.05, 3.63) is 39.2 Å². The Balaban J connectivity index is 1.64. The van der Waals surface area contributed by atoms with E-state index in [4.69, 9.17) is 4.42 Å². The summed E-state index contributed by atoms with van der Waals surface area (Å²) in [5.41, 5.74) is 2.35. The third-order valence-electron chi connectivity index (χ3n) is 5.94. The highest BCUT2D eigenvalue weighted by Gasteiger charge is 2.30. The van der Waals surface area contributed by atoms with Crippen LogP contribution in [0.5, 0.6) is 0 Å². The van der Waals surface area contributed by atoms with Gasteiger partial charge in [-0.3, -0.25) is 9.59 Å². The first-order valence-electron chi connectivity index (χ1n) is 10.3. The lowest BCUT2D eigenvalue weighted by Gasteiger charge is -2.19. The number of hydrogen-bond donors (Lipinski definition) is 2. The predicted molar refractivity (Wildman–Crippen MR) is 111 cm³/mol. The molecule has 2 aliphatic rings. The summed E-state index contributed by atoms with van der Waals surface area (Å²) in [6.07, 6.45) is 7.40. The Morgan fingerprint density at radius 2 is 1.89 bits per heavy atom. The van der Waals surface area contributed by atoms with E-state index in [1.54, 1.807) is 24.3 Å². The van der Waals surface area contributed by atoms with Gasteiger partial charge < -0.3 is 15.1 Å². The van der Waals surface area contributed by atoms with Crippen LogP contribution in [0.15, 0.2) is 10.5 Å². The fraction of sp³-hybridized carbons (Fsp3) is 0.545. The number of nitrogens with one attached hydrogen (secondary N) is 2. The van der Waals surface area contributed by atoms with Crippen LogP contribution in [0.1, 0.15) is 81.7 Å². The number of fused-ring (bicyclic) bond motifs is 1. The van der Waals surface area contributed by atoms with Gasteiger partial charge in [-0.25, -0.2) is 0 Å². The van der Waals surface area contributed by atoms with Crippen LogP contribution in [0.3, 0.4) is 0 Å². The zero-order valence-corrected chi connectivity index (χ0v) is 17.6. The molecule has 2 amide bonds. The fourth-order valence-corrected chi connectivity index (χ4v) is 5.84. The maximum absolute atomic E-state index is 13.2. The monoisotopic (exact) mass is 400 g/mol. The molecule has 0 spiro atoms. The number of carbonyl (C=O) groups excluding carboxylic acids is 2. The van der Waals surface area contributed by atoms with E-state index in [1.165, 1.54) is 17.7 Å². The van der Waals surface area contributed by atoms with Gasteiger partial charge >= 0.3 is 0 Å². The van der Waals surface area contributed by atoms with Crippen molar-refractivity contribution in [1.82, 2.24) is 5.32 Å². The number of amides is 2. The highest BCUT2D eigenvalue weighted by Crippen LogP contribution is 2.40. The van der Waals surface area contributed by atoms with E-state index in [1.807, 2.05) is 6.92 Å². The Morgan fingerprint density at radius 1 is 1.14 bits per heavy atom. The standard InChI is InChI=1S/C22H28N2O3S/c1-12-8-9-16-18(10-12)28-22(19(16)21(26)23-15-6-4-5-7-15)24-20(25)17-11-13(2)27-14(17)3/h11-12,15H,4-10H2,1-3H3,(H,23,26)(H,24,25). The molecule has 0 aliphatic heterocycles. The van der Waals surface area contributed by atoms with Crippen LogP contribution in [-0.2, 0) is 12.8 Å². The normalized spacial score (nSPS) is 19.5. The van der Waals surface area contributed by atoms with Crippen LogP contribution >= 0.6 is 11.3 Å². The largest absolute Gasteiger partial charge is 0.466 e. The molecule has 0 bridgehead atoms. The third-order valence-corrected chi connectivity index (χ3v) is 7.11. The molecule has 4 rings (SSSR count). The molecule has 28 heavy (non-hydrogen) atoms. The van der Waals surface area contributed by atoms with Gasteiger partial charge in [-0.05, 0) is 63.5 Å². The topological polar surface area (TPSA) is 71.3 Å². The summed E-state index contributed by atoms with van der Waals surface area (Å²) in [5, 5.41) is 6.91. The molecule has 150 valence electrons. The average molecular weight is 401 g/mol. The lowest BCUT2D eigenvalue weighted by atomic mass is 9.88. The van der Waals surface area contributed by atoms with E-state index in [2.05, 4.69) is 17.6 Å². The number of furan rings is 1. The first kappa shape index (κ1) is 19.2. The number of aryl methyl sites for hydroxylation is 2. The molecule has 1 atom stereocenters. The Hall–Kier alpha value is -2.08. The van der Waals surface area contributed by atoms with Crippen LogP contribution < -0.4 is 10.6 Å². The second kappa shape index (κ2) is 7.74. The van der Waals surface area contributed by atoms with E-state index in [-0.39, 0.29) is 17.9 Å². The highest BCUT2D eigenvalue weighted by molar-refractivity contribution is 7.17. The molecule has 0 saturated heterocycles. The quantitative estimate of drug-likeness (QED) is 0.758. The second-order valence-corrected chi connectivity index (χ2v) is 9.40. The van der Waals surface area contributed by atoms with E-state index < -0.39 is 0 Å². The zero-order valence-electron chi connectivity index (χ0n) is 16.8. The first-order chi connectivity index (χ1) is 13.4. The molecule has 2 aromatic heterocycles. The predicted octanol–water partition coefficient (Wildman–Crippen LogP) is 5.01. The molecule has 5 nitrogen and oxygen atoms in total. The summed E-state index contributed by atoms with van der Waals surface area (Å²) in [4.78, 5) is 27.2. The molecular weight excluding hydrogens is 372 g/mol. The molecule has 1 saturated carbocycles. The van der Waals surface area contributed by atoms with Crippen LogP contribution in [0.2, 0.25) is 0 Å². The van der Waals surface area contributed by atoms with Gasteiger partial charge in [0.05, 0.1) is 11.1 Å². The van der Waals surface area contributed by atoms with E-state index in [0.29, 0.717) is 33.6 Å². The van der Waals surface area contributed by atoms with Gasteiger partial charge in [-0.15, -0.1) is 11.3 Å². The number of rotatable bonds is 4. The lowest BCUT2D eigenvalue weighted by molar-refractivity contribution is 0.0938. The summed E-state index contributed by atoms with van der Waals surface area (Å²) in [6.45, 7) is 5.86. The summed E-state index contributed by atoms with van der Waals surface area (Å²) in [6, 6.07) is 2.01. The van der Waals surface area contributed by atoms with Gasteiger partial charge in [-0.2, -0.15) is 0 Å². The molecule has 1 fully saturated rings. The van der Waals surface area contributed by atoms with Gasteiger partial charge in [0.15, 0.2) is 0 Å². The Bertz CT molecular complexity index is 905. The van der Waals surface area contributed by atoms with E-state index in [9.17, 15) is 9.59 Å². The Morgan fingerprint density at radius 3 is 2.57 bits per heavy atom. The van der Waals surface area contributed by atoms with Crippen molar-refractivity contribution >= 4 is 28.2 Å². The minimum absolute atomic E-state index is 0.0330. The van der Waals surface area contributed by atoms with Crippen molar-refractivity contribution in [2.75, 3.05) is 5.32 Å². The second-order valence-electron chi connectivity index (χ2n) is 8.29. The van der Waals surface area contributed by atoms with Gasteiger partial charge in [0.1, 0.15) is 16.5 Å². The van der Waals surface area contributed by atoms with Crippen LogP contribution in [0.25, 0.3) is 0 Å². The van der Waals surface area contributed by atoms with Gasteiger partial charge in [0.2, 0.25) is 0 Å². The molecule has 0 aromatic carbocycles. The van der Waals surface area contributed by atoms with Crippen molar-refractivity contribution in [3.8, 4) is 0 Å². The molecule has 2 heterocycles. The number of anilines is 1. The minimum atomic E-state index is -0.212. The summed E-state index contributed by atoms with van der Waals surface area (Å²) in [7, 11) is 0. The molecule has 0 radical (unpaired) electrons.